The number of methoxy groups -OCH3 is 1. The normalized spacial score (nSPS) is 17.6. The van der Waals surface area contributed by atoms with Crippen LogP contribution in [0.15, 0.2) is 48.5 Å². The Kier molecular flexibility index (Phi) is 7.53. The van der Waals surface area contributed by atoms with Gasteiger partial charge in [-0.1, -0.05) is 18.2 Å². The number of hydrogen-bond acceptors (Lipinski definition) is 5. The molecule has 1 atom stereocenters. The van der Waals surface area contributed by atoms with Crippen molar-refractivity contribution in [1.82, 2.24) is 10.2 Å². The van der Waals surface area contributed by atoms with E-state index in [0.717, 1.165) is 50.0 Å². The third-order valence-electron chi connectivity index (χ3n) is 6.45. The van der Waals surface area contributed by atoms with Crippen LogP contribution < -0.4 is 20.3 Å². The van der Waals surface area contributed by atoms with Crippen molar-refractivity contribution in [3.05, 3.63) is 54.1 Å². The van der Waals surface area contributed by atoms with Gasteiger partial charge in [0.2, 0.25) is 5.91 Å². The molecular weight excluding hydrogens is 400 g/mol. The second kappa shape index (κ2) is 10.7. The van der Waals surface area contributed by atoms with Crippen LogP contribution in [0.1, 0.15) is 25.3 Å². The number of ether oxygens (including phenoxy) is 1. The molecule has 0 aromatic heterocycles. The first-order chi connectivity index (χ1) is 15.6. The minimum atomic E-state index is -0.295. The number of nitrogens with zero attached hydrogens (tertiary/aromatic N) is 2. The molecule has 0 bridgehead atoms. The Hall–Kier alpha value is -2.73. The Morgan fingerprint density at radius 2 is 1.84 bits per heavy atom. The molecule has 4 rings (SSSR count). The van der Waals surface area contributed by atoms with Gasteiger partial charge in [-0.15, -0.1) is 0 Å². The Morgan fingerprint density at radius 1 is 1.09 bits per heavy atom. The van der Waals surface area contributed by atoms with Crippen molar-refractivity contribution in [2.24, 2.45) is 5.92 Å². The summed E-state index contributed by atoms with van der Waals surface area (Å²) in [5, 5.41) is 6.40. The number of amides is 1. The lowest BCUT2D eigenvalue weighted by Gasteiger charge is -2.36. The SMILES string of the molecule is COc1ccc(CCNC(=O)[C@H](C)Nc2cccc(N3CCN(CC4CC4)CC3)c2)cc1. The minimum absolute atomic E-state index is 0.0117. The average Bonchev–Trinajstić information content (AvgIpc) is 3.64. The van der Waals surface area contributed by atoms with E-state index in [4.69, 9.17) is 4.74 Å². The van der Waals surface area contributed by atoms with E-state index in [9.17, 15) is 4.79 Å². The fourth-order valence-corrected chi connectivity index (χ4v) is 4.24. The van der Waals surface area contributed by atoms with Crippen LogP contribution >= 0.6 is 0 Å². The van der Waals surface area contributed by atoms with E-state index in [-0.39, 0.29) is 11.9 Å². The number of hydrogen-bond donors (Lipinski definition) is 2. The topological polar surface area (TPSA) is 56.8 Å². The molecule has 1 aliphatic heterocycles. The maximum Gasteiger partial charge on any atom is 0.242 e. The monoisotopic (exact) mass is 436 g/mol. The Labute approximate surface area is 191 Å². The van der Waals surface area contributed by atoms with E-state index in [0.29, 0.717) is 6.54 Å². The van der Waals surface area contributed by atoms with E-state index in [1.165, 1.54) is 30.6 Å². The molecule has 32 heavy (non-hydrogen) atoms. The molecule has 2 aromatic carbocycles. The summed E-state index contributed by atoms with van der Waals surface area (Å²) < 4.78 is 5.18. The van der Waals surface area contributed by atoms with Crippen LogP contribution in [0.25, 0.3) is 0 Å². The lowest BCUT2D eigenvalue weighted by molar-refractivity contribution is -0.121. The molecule has 6 heteroatoms. The molecule has 2 aromatic rings. The summed E-state index contributed by atoms with van der Waals surface area (Å²) in [6, 6.07) is 16.1. The van der Waals surface area contributed by atoms with Crippen LogP contribution in [0.3, 0.4) is 0 Å². The second-order valence-electron chi connectivity index (χ2n) is 9.04. The molecule has 6 nitrogen and oxygen atoms in total. The third kappa shape index (κ3) is 6.39. The summed E-state index contributed by atoms with van der Waals surface area (Å²) >= 11 is 0. The van der Waals surface area contributed by atoms with Crippen molar-refractivity contribution < 1.29 is 9.53 Å². The predicted molar refractivity (Wildman–Crippen MR) is 131 cm³/mol. The van der Waals surface area contributed by atoms with Gasteiger partial charge in [0.25, 0.3) is 0 Å². The van der Waals surface area contributed by atoms with Gasteiger partial charge < -0.3 is 20.3 Å². The van der Waals surface area contributed by atoms with E-state index >= 15 is 0 Å². The maximum atomic E-state index is 12.5. The molecule has 2 aliphatic rings. The Bertz CT molecular complexity index is 874. The number of benzene rings is 2. The van der Waals surface area contributed by atoms with Crippen LogP contribution in [0.5, 0.6) is 5.75 Å². The van der Waals surface area contributed by atoms with Gasteiger partial charge >= 0.3 is 0 Å². The summed E-state index contributed by atoms with van der Waals surface area (Å²) in [5.41, 5.74) is 3.39. The molecule has 172 valence electrons. The van der Waals surface area contributed by atoms with Crippen molar-refractivity contribution in [2.45, 2.75) is 32.2 Å². The minimum Gasteiger partial charge on any atom is -0.497 e. The number of carbonyl (C=O) groups excluding carboxylic acids is 1. The van der Waals surface area contributed by atoms with Gasteiger partial charge in [-0.05, 0) is 68.0 Å². The van der Waals surface area contributed by atoms with E-state index in [1.807, 2.05) is 37.3 Å². The number of rotatable bonds is 10. The molecule has 1 amide bonds. The predicted octanol–water partition coefficient (Wildman–Crippen LogP) is 3.39. The molecule has 1 heterocycles. The maximum absolute atomic E-state index is 12.5. The van der Waals surface area contributed by atoms with E-state index < -0.39 is 0 Å². The largest absolute Gasteiger partial charge is 0.497 e. The van der Waals surface area contributed by atoms with Crippen LogP contribution in [0, 0.1) is 5.92 Å². The fraction of sp³-hybridized carbons (Fsp3) is 0.500. The first-order valence-electron chi connectivity index (χ1n) is 11.9. The van der Waals surface area contributed by atoms with Gasteiger partial charge in [0.05, 0.1) is 7.11 Å². The van der Waals surface area contributed by atoms with Gasteiger partial charge in [-0.2, -0.15) is 0 Å². The molecule has 1 aliphatic carbocycles. The Balaban J connectivity index is 1.22. The van der Waals surface area contributed by atoms with Crippen molar-refractivity contribution in [1.29, 1.82) is 0 Å². The van der Waals surface area contributed by atoms with Crippen molar-refractivity contribution in [2.75, 3.05) is 56.6 Å². The van der Waals surface area contributed by atoms with Gasteiger partial charge in [0, 0.05) is 50.6 Å². The first-order valence-corrected chi connectivity index (χ1v) is 11.9. The highest BCUT2D eigenvalue weighted by Crippen LogP contribution is 2.30. The standard InChI is InChI=1S/C26H36N4O2/c1-20(26(31)27-13-12-21-8-10-25(32-2)11-9-21)28-23-4-3-5-24(18-23)30-16-14-29(15-17-30)19-22-6-7-22/h3-5,8-11,18,20,22,28H,6-7,12-17,19H2,1-2H3,(H,27,31)/t20-/m0/s1. The number of anilines is 2. The quantitative estimate of drug-likeness (QED) is 0.598. The zero-order chi connectivity index (χ0) is 22.3. The summed E-state index contributed by atoms with van der Waals surface area (Å²) in [6.45, 7) is 8.21. The molecule has 0 unspecified atom stereocenters. The lowest BCUT2D eigenvalue weighted by atomic mass is 10.1. The lowest BCUT2D eigenvalue weighted by Crippen LogP contribution is -2.47. The smallest absolute Gasteiger partial charge is 0.242 e. The van der Waals surface area contributed by atoms with E-state index in [1.54, 1.807) is 7.11 Å². The molecular formula is C26H36N4O2. The van der Waals surface area contributed by atoms with Crippen LogP contribution in [-0.4, -0.2) is 63.2 Å². The molecule has 1 saturated heterocycles. The van der Waals surface area contributed by atoms with Gasteiger partial charge in [-0.25, -0.2) is 0 Å². The highest BCUT2D eigenvalue weighted by molar-refractivity contribution is 5.84. The fourth-order valence-electron chi connectivity index (χ4n) is 4.24. The molecule has 0 spiro atoms. The molecule has 1 saturated carbocycles. The van der Waals surface area contributed by atoms with Crippen LogP contribution in [0.4, 0.5) is 11.4 Å². The van der Waals surface area contributed by atoms with Crippen LogP contribution in [-0.2, 0) is 11.2 Å². The van der Waals surface area contributed by atoms with Gasteiger partial charge in [0.15, 0.2) is 0 Å². The highest BCUT2D eigenvalue weighted by atomic mass is 16.5. The number of carbonyl (C=O) groups is 1. The van der Waals surface area contributed by atoms with Crippen molar-refractivity contribution >= 4 is 17.3 Å². The third-order valence-corrected chi connectivity index (χ3v) is 6.45. The zero-order valence-corrected chi connectivity index (χ0v) is 19.3. The molecule has 0 radical (unpaired) electrons. The van der Waals surface area contributed by atoms with Crippen molar-refractivity contribution in [3.63, 3.8) is 0 Å². The summed E-state index contributed by atoms with van der Waals surface area (Å²) in [4.78, 5) is 17.6. The summed E-state index contributed by atoms with van der Waals surface area (Å²) in [7, 11) is 1.66. The summed E-state index contributed by atoms with van der Waals surface area (Å²) in [5.74, 6) is 1.81. The zero-order valence-electron chi connectivity index (χ0n) is 19.3. The second-order valence-corrected chi connectivity index (χ2v) is 9.04. The van der Waals surface area contributed by atoms with Gasteiger partial charge in [-0.3, -0.25) is 9.69 Å². The van der Waals surface area contributed by atoms with Gasteiger partial charge in [0.1, 0.15) is 11.8 Å². The molecule has 2 fully saturated rings. The summed E-state index contributed by atoms with van der Waals surface area (Å²) in [6.07, 6.45) is 3.63. The first kappa shape index (κ1) is 22.5. The van der Waals surface area contributed by atoms with E-state index in [2.05, 4.69) is 38.6 Å². The Morgan fingerprint density at radius 3 is 2.53 bits per heavy atom. The number of piperazine rings is 1. The van der Waals surface area contributed by atoms with Crippen LogP contribution in [0.2, 0.25) is 0 Å². The number of nitrogens with one attached hydrogen (secondary N) is 2. The average molecular weight is 437 g/mol. The highest BCUT2D eigenvalue weighted by Gasteiger charge is 2.26. The molecule has 2 N–H and O–H groups in total. The van der Waals surface area contributed by atoms with Crippen molar-refractivity contribution in [3.8, 4) is 5.75 Å².